The van der Waals surface area contributed by atoms with Crippen LogP contribution < -0.4 is 9.47 Å². The molecule has 2 aromatic carbocycles. The van der Waals surface area contributed by atoms with Gasteiger partial charge in [0.25, 0.3) is 5.91 Å². The van der Waals surface area contributed by atoms with E-state index in [-0.39, 0.29) is 24.7 Å². The molecule has 1 aliphatic rings. The van der Waals surface area contributed by atoms with Gasteiger partial charge in [-0.1, -0.05) is 13.2 Å². The van der Waals surface area contributed by atoms with E-state index >= 15 is 0 Å². The third-order valence-corrected chi connectivity index (χ3v) is 5.20. The van der Waals surface area contributed by atoms with Crippen molar-refractivity contribution in [2.75, 3.05) is 27.3 Å². The van der Waals surface area contributed by atoms with Crippen LogP contribution in [0.15, 0.2) is 55.3 Å². The number of benzene rings is 2. The molecule has 1 amide bonds. The second kappa shape index (κ2) is 8.57. The lowest BCUT2D eigenvalue weighted by Crippen LogP contribution is -2.51. The first-order valence-corrected chi connectivity index (χ1v) is 9.39. The number of piperazine rings is 1. The zero-order valence-corrected chi connectivity index (χ0v) is 17.2. The van der Waals surface area contributed by atoms with Crippen LogP contribution in [0.1, 0.15) is 22.8 Å². The SMILES string of the molecule is C=C1CN(C(=C)c2ccc(OC)cc2F)[C@@H](C)CN1C(=O)c1ccc(OC)cc1F. The van der Waals surface area contributed by atoms with Crippen LogP contribution in [-0.4, -0.2) is 49.1 Å². The zero-order chi connectivity index (χ0) is 22.0. The number of carbonyl (C=O) groups excluding carboxylic acids is 1. The van der Waals surface area contributed by atoms with E-state index in [4.69, 9.17) is 9.47 Å². The summed E-state index contributed by atoms with van der Waals surface area (Å²) in [6, 6.07) is 8.48. The third-order valence-electron chi connectivity index (χ3n) is 5.20. The molecule has 0 bridgehead atoms. The van der Waals surface area contributed by atoms with Gasteiger partial charge in [-0.3, -0.25) is 4.79 Å². The van der Waals surface area contributed by atoms with Gasteiger partial charge in [0.2, 0.25) is 0 Å². The number of nitrogens with zero attached hydrogens (tertiary/aromatic N) is 2. The molecule has 0 aromatic heterocycles. The summed E-state index contributed by atoms with van der Waals surface area (Å²) in [6.07, 6.45) is 0. The van der Waals surface area contributed by atoms with Gasteiger partial charge in [-0.15, -0.1) is 0 Å². The summed E-state index contributed by atoms with van der Waals surface area (Å²) in [7, 11) is 2.90. The number of ether oxygens (including phenoxy) is 2. The lowest BCUT2D eigenvalue weighted by Gasteiger charge is -2.43. The van der Waals surface area contributed by atoms with Crippen molar-refractivity contribution in [1.82, 2.24) is 9.80 Å². The van der Waals surface area contributed by atoms with Crippen LogP contribution in [0.4, 0.5) is 8.78 Å². The van der Waals surface area contributed by atoms with Crippen LogP contribution in [0, 0.1) is 11.6 Å². The third kappa shape index (κ3) is 4.01. The summed E-state index contributed by atoms with van der Waals surface area (Å²) >= 11 is 0. The monoisotopic (exact) mass is 414 g/mol. The summed E-state index contributed by atoms with van der Waals surface area (Å²) in [5, 5.41) is 0. The van der Waals surface area contributed by atoms with Crippen molar-refractivity contribution in [3.63, 3.8) is 0 Å². The van der Waals surface area contributed by atoms with Crippen molar-refractivity contribution in [3.05, 3.63) is 78.0 Å². The first-order valence-electron chi connectivity index (χ1n) is 9.39. The lowest BCUT2D eigenvalue weighted by molar-refractivity contribution is 0.0711. The molecule has 0 radical (unpaired) electrons. The van der Waals surface area contributed by atoms with Crippen LogP contribution >= 0.6 is 0 Å². The Kier molecular flexibility index (Phi) is 6.10. The molecule has 7 heteroatoms. The van der Waals surface area contributed by atoms with Gasteiger partial charge in [0.15, 0.2) is 0 Å². The van der Waals surface area contributed by atoms with Gasteiger partial charge >= 0.3 is 0 Å². The summed E-state index contributed by atoms with van der Waals surface area (Å²) < 4.78 is 38.9. The minimum Gasteiger partial charge on any atom is -0.497 e. The summed E-state index contributed by atoms with van der Waals surface area (Å²) in [4.78, 5) is 16.2. The maximum atomic E-state index is 14.5. The second-order valence-corrected chi connectivity index (χ2v) is 7.10. The van der Waals surface area contributed by atoms with Crippen molar-refractivity contribution in [2.24, 2.45) is 0 Å². The van der Waals surface area contributed by atoms with Crippen molar-refractivity contribution < 1.29 is 23.0 Å². The molecule has 30 heavy (non-hydrogen) atoms. The van der Waals surface area contributed by atoms with Crippen LogP contribution in [0.2, 0.25) is 0 Å². The Bertz CT molecular complexity index is 1010. The predicted molar refractivity (Wildman–Crippen MR) is 111 cm³/mol. The van der Waals surface area contributed by atoms with Crippen LogP contribution in [0.5, 0.6) is 11.5 Å². The second-order valence-electron chi connectivity index (χ2n) is 7.10. The Morgan fingerprint density at radius 3 is 2.07 bits per heavy atom. The van der Waals surface area contributed by atoms with Crippen LogP contribution in [-0.2, 0) is 0 Å². The molecule has 1 aliphatic heterocycles. The number of carbonyl (C=O) groups is 1. The Balaban J connectivity index is 1.79. The lowest BCUT2D eigenvalue weighted by atomic mass is 10.0. The van der Waals surface area contributed by atoms with Gasteiger partial charge in [-0.05, 0) is 31.2 Å². The molecule has 0 N–H and O–H groups in total. The summed E-state index contributed by atoms with van der Waals surface area (Å²) in [5.41, 5.74) is 1.24. The van der Waals surface area contributed by atoms with Crippen molar-refractivity contribution in [3.8, 4) is 11.5 Å². The smallest absolute Gasteiger partial charge is 0.261 e. The number of rotatable bonds is 5. The van der Waals surface area contributed by atoms with Gasteiger partial charge < -0.3 is 19.3 Å². The highest BCUT2D eigenvalue weighted by Crippen LogP contribution is 2.30. The molecule has 0 unspecified atom stereocenters. The number of methoxy groups -OCH3 is 2. The standard InChI is InChI=1S/C23H24F2N2O3/c1-14-13-27(23(28)20-9-7-18(30-5)11-22(20)25)15(2)12-26(14)16(3)19-8-6-17(29-4)10-21(19)24/h6-11,14H,2-3,12-13H2,1,4-5H3/t14-/m0/s1. The summed E-state index contributed by atoms with van der Waals surface area (Å²) in [5.74, 6) is -0.840. The Hall–Kier alpha value is -3.35. The largest absolute Gasteiger partial charge is 0.497 e. The fraction of sp³-hybridized carbons (Fsp3) is 0.261. The minimum absolute atomic E-state index is 0.0578. The first-order chi connectivity index (χ1) is 14.3. The van der Waals surface area contributed by atoms with Gasteiger partial charge in [-0.25, -0.2) is 8.78 Å². The Morgan fingerprint density at radius 2 is 1.57 bits per heavy atom. The van der Waals surface area contributed by atoms with Crippen LogP contribution in [0.25, 0.3) is 5.70 Å². The molecule has 5 nitrogen and oxygen atoms in total. The van der Waals surface area contributed by atoms with Gasteiger partial charge in [0.1, 0.15) is 23.1 Å². The molecule has 0 saturated carbocycles. The molecule has 1 saturated heterocycles. The van der Waals surface area contributed by atoms with E-state index in [9.17, 15) is 13.6 Å². The molecule has 3 rings (SSSR count). The quantitative estimate of drug-likeness (QED) is 0.731. The molecule has 1 heterocycles. The molecule has 158 valence electrons. The first kappa shape index (κ1) is 21.4. The number of hydrogen-bond acceptors (Lipinski definition) is 4. The maximum Gasteiger partial charge on any atom is 0.261 e. The van der Waals surface area contributed by atoms with E-state index < -0.39 is 17.5 Å². The zero-order valence-electron chi connectivity index (χ0n) is 17.2. The fourth-order valence-corrected chi connectivity index (χ4v) is 3.47. The highest BCUT2D eigenvalue weighted by Gasteiger charge is 2.32. The average Bonchev–Trinajstić information content (AvgIpc) is 2.73. The van der Waals surface area contributed by atoms with Crippen LogP contribution in [0.3, 0.4) is 0 Å². The fourth-order valence-electron chi connectivity index (χ4n) is 3.47. The predicted octanol–water partition coefficient (Wildman–Crippen LogP) is 4.31. The van der Waals surface area contributed by atoms with E-state index in [0.29, 0.717) is 28.5 Å². The summed E-state index contributed by atoms with van der Waals surface area (Å²) in [6.45, 7) is 10.4. The molecular formula is C23H24F2N2O3. The van der Waals surface area contributed by atoms with Crippen molar-refractivity contribution in [2.45, 2.75) is 13.0 Å². The van der Waals surface area contributed by atoms with E-state index in [2.05, 4.69) is 13.2 Å². The normalized spacial score (nSPS) is 16.4. The number of amides is 1. The van der Waals surface area contributed by atoms with E-state index in [1.807, 2.05) is 11.8 Å². The molecule has 2 aromatic rings. The Morgan fingerprint density at radius 1 is 1.03 bits per heavy atom. The molecule has 1 fully saturated rings. The molecule has 0 aliphatic carbocycles. The number of hydrogen-bond donors (Lipinski definition) is 0. The van der Waals surface area contributed by atoms with Crippen molar-refractivity contribution >= 4 is 11.6 Å². The maximum absolute atomic E-state index is 14.5. The molecule has 1 atom stereocenters. The van der Waals surface area contributed by atoms with Gasteiger partial charge in [0, 0.05) is 41.7 Å². The van der Waals surface area contributed by atoms with E-state index in [1.54, 1.807) is 12.1 Å². The van der Waals surface area contributed by atoms with Gasteiger partial charge in [0.05, 0.1) is 26.3 Å². The highest BCUT2D eigenvalue weighted by molar-refractivity contribution is 5.96. The van der Waals surface area contributed by atoms with E-state index in [1.165, 1.54) is 43.4 Å². The topological polar surface area (TPSA) is 42.0 Å². The van der Waals surface area contributed by atoms with Gasteiger partial charge in [-0.2, -0.15) is 0 Å². The molecule has 0 spiro atoms. The number of halogens is 2. The molecular weight excluding hydrogens is 390 g/mol. The Labute approximate surface area is 174 Å². The highest BCUT2D eigenvalue weighted by atomic mass is 19.1. The average molecular weight is 414 g/mol. The van der Waals surface area contributed by atoms with E-state index in [0.717, 1.165) is 0 Å². The van der Waals surface area contributed by atoms with Crippen molar-refractivity contribution in [1.29, 1.82) is 0 Å². The minimum atomic E-state index is -0.660.